The molecule has 0 heterocycles. The molecule has 0 saturated heterocycles. The van der Waals surface area contributed by atoms with Crippen molar-refractivity contribution in [3.8, 4) is 0 Å². The van der Waals surface area contributed by atoms with Crippen LogP contribution < -0.4 is 10.0 Å². The molecule has 0 radical (unpaired) electrons. The van der Waals surface area contributed by atoms with Crippen LogP contribution in [-0.4, -0.2) is 33.5 Å². The van der Waals surface area contributed by atoms with Crippen molar-refractivity contribution in [2.45, 2.75) is 30.0 Å². The number of benzene rings is 1. The molecule has 0 spiro atoms. The second kappa shape index (κ2) is 7.28. The Labute approximate surface area is 120 Å². The zero-order valence-corrected chi connectivity index (χ0v) is 13.4. The number of nitrogens with one attached hydrogen (secondary N) is 2. The molecule has 2 atom stereocenters. The predicted molar refractivity (Wildman–Crippen MR) is 82.1 cm³/mol. The molecule has 1 aromatic rings. The van der Waals surface area contributed by atoms with Gasteiger partial charge in [0.05, 0.1) is 4.90 Å². The highest BCUT2D eigenvalue weighted by molar-refractivity contribution is 7.99. The summed E-state index contributed by atoms with van der Waals surface area (Å²) in [5, 5.41) is 4.00. The van der Waals surface area contributed by atoms with Gasteiger partial charge in [-0.1, -0.05) is 19.1 Å². The smallest absolute Gasteiger partial charge is 0.240 e. The van der Waals surface area contributed by atoms with Gasteiger partial charge in [-0.3, -0.25) is 0 Å². The van der Waals surface area contributed by atoms with Crippen LogP contribution >= 0.6 is 11.8 Å². The van der Waals surface area contributed by atoms with Gasteiger partial charge in [-0.2, -0.15) is 11.8 Å². The molecular weight excluding hydrogens is 280 g/mol. The molecule has 0 amide bonds. The number of rotatable bonds is 7. The zero-order chi connectivity index (χ0) is 14.5. The van der Waals surface area contributed by atoms with Crippen LogP contribution in [0.15, 0.2) is 29.2 Å². The number of hydrogen-bond donors (Lipinski definition) is 2. The van der Waals surface area contributed by atoms with E-state index in [0.29, 0.717) is 10.1 Å². The first-order valence-electron chi connectivity index (χ1n) is 6.20. The summed E-state index contributed by atoms with van der Waals surface area (Å²) in [4.78, 5) is 0.295. The Hall–Kier alpha value is -0.560. The molecule has 6 heteroatoms. The Morgan fingerprint density at radius 1 is 1.21 bits per heavy atom. The van der Waals surface area contributed by atoms with E-state index in [0.717, 1.165) is 12.1 Å². The van der Waals surface area contributed by atoms with E-state index in [1.54, 1.807) is 12.1 Å². The van der Waals surface area contributed by atoms with E-state index in [4.69, 9.17) is 0 Å². The fourth-order valence-corrected chi connectivity index (χ4v) is 2.59. The van der Waals surface area contributed by atoms with Crippen LogP contribution in [0.1, 0.15) is 25.5 Å². The van der Waals surface area contributed by atoms with Crippen molar-refractivity contribution in [2.24, 2.45) is 0 Å². The van der Waals surface area contributed by atoms with Crippen molar-refractivity contribution in [3.63, 3.8) is 0 Å². The van der Waals surface area contributed by atoms with E-state index < -0.39 is 10.0 Å². The van der Waals surface area contributed by atoms with E-state index in [1.807, 2.05) is 23.9 Å². The lowest BCUT2D eigenvalue weighted by atomic mass is 10.1. The normalized spacial score (nSPS) is 15.2. The first-order valence-corrected chi connectivity index (χ1v) is 8.97. The van der Waals surface area contributed by atoms with Crippen LogP contribution in [0.4, 0.5) is 0 Å². The van der Waals surface area contributed by atoms with Crippen molar-refractivity contribution in [1.29, 1.82) is 0 Å². The largest absolute Gasteiger partial charge is 0.309 e. The van der Waals surface area contributed by atoms with Crippen molar-refractivity contribution < 1.29 is 8.42 Å². The Morgan fingerprint density at radius 2 is 1.79 bits per heavy atom. The molecular formula is C13H22N2O2S2. The van der Waals surface area contributed by atoms with Gasteiger partial charge in [0.1, 0.15) is 0 Å². The topological polar surface area (TPSA) is 58.2 Å². The average Bonchev–Trinajstić information content (AvgIpc) is 2.44. The molecule has 0 aromatic heterocycles. The van der Waals surface area contributed by atoms with Crippen LogP contribution in [0.25, 0.3) is 0 Å². The third-order valence-electron chi connectivity index (χ3n) is 3.07. The molecule has 2 unspecified atom stereocenters. The van der Waals surface area contributed by atoms with Gasteiger partial charge < -0.3 is 5.32 Å². The maximum absolute atomic E-state index is 11.6. The molecule has 0 aliphatic heterocycles. The highest BCUT2D eigenvalue weighted by Crippen LogP contribution is 2.16. The molecule has 0 saturated carbocycles. The standard InChI is InChI=1S/C13H22N2O2S2/c1-10(18-4)9-15-11(2)12-5-7-13(8-6-12)19(16,17)14-3/h5-8,10-11,14-15H,9H2,1-4H3. The fraction of sp³-hybridized carbons (Fsp3) is 0.538. The summed E-state index contributed by atoms with van der Waals surface area (Å²) in [6.07, 6.45) is 2.09. The molecule has 4 nitrogen and oxygen atoms in total. The fourth-order valence-electron chi connectivity index (χ4n) is 1.60. The molecule has 0 aliphatic carbocycles. The highest BCUT2D eigenvalue weighted by Gasteiger charge is 2.12. The SMILES string of the molecule is CNS(=O)(=O)c1ccc(C(C)NCC(C)SC)cc1. The summed E-state index contributed by atoms with van der Waals surface area (Å²) in [7, 11) is -1.93. The molecule has 108 valence electrons. The van der Waals surface area contributed by atoms with Gasteiger partial charge in [0.2, 0.25) is 10.0 Å². The van der Waals surface area contributed by atoms with Gasteiger partial charge in [0, 0.05) is 17.8 Å². The maximum Gasteiger partial charge on any atom is 0.240 e. The Morgan fingerprint density at radius 3 is 2.26 bits per heavy atom. The maximum atomic E-state index is 11.6. The van der Waals surface area contributed by atoms with Gasteiger partial charge in [-0.05, 0) is 37.9 Å². The van der Waals surface area contributed by atoms with E-state index >= 15 is 0 Å². The minimum absolute atomic E-state index is 0.209. The van der Waals surface area contributed by atoms with Crippen molar-refractivity contribution >= 4 is 21.8 Å². The van der Waals surface area contributed by atoms with Gasteiger partial charge in [0.15, 0.2) is 0 Å². The third-order valence-corrected chi connectivity index (χ3v) is 5.47. The molecule has 0 aliphatic rings. The number of hydrogen-bond acceptors (Lipinski definition) is 4. The van der Waals surface area contributed by atoms with Crippen LogP contribution in [0, 0.1) is 0 Å². The second-order valence-electron chi connectivity index (χ2n) is 4.45. The number of thioether (sulfide) groups is 1. The summed E-state index contributed by atoms with van der Waals surface area (Å²) in [5.41, 5.74) is 1.09. The summed E-state index contributed by atoms with van der Waals surface area (Å²) in [6.45, 7) is 5.18. The van der Waals surface area contributed by atoms with E-state index in [-0.39, 0.29) is 6.04 Å². The second-order valence-corrected chi connectivity index (χ2v) is 7.62. The van der Waals surface area contributed by atoms with E-state index in [9.17, 15) is 8.42 Å². The lowest BCUT2D eigenvalue weighted by molar-refractivity contribution is 0.574. The monoisotopic (exact) mass is 302 g/mol. The molecule has 0 bridgehead atoms. The minimum Gasteiger partial charge on any atom is -0.309 e. The summed E-state index contributed by atoms with van der Waals surface area (Å²) in [5.74, 6) is 0. The molecule has 1 rings (SSSR count). The minimum atomic E-state index is -3.34. The lowest BCUT2D eigenvalue weighted by Crippen LogP contribution is -2.25. The predicted octanol–water partition coefficient (Wildman–Crippen LogP) is 2.00. The molecule has 1 aromatic carbocycles. The van der Waals surface area contributed by atoms with Crippen LogP contribution in [0.2, 0.25) is 0 Å². The van der Waals surface area contributed by atoms with E-state index in [2.05, 4.69) is 30.1 Å². The van der Waals surface area contributed by atoms with Gasteiger partial charge >= 0.3 is 0 Å². The van der Waals surface area contributed by atoms with Crippen molar-refractivity contribution in [1.82, 2.24) is 10.0 Å². The van der Waals surface area contributed by atoms with E-state index in [1.165, 1.54) is 7.05 Å². The molecule has 2 N–H and O–H groups in total. The summed E-state index contributed by atoms with van der Waals surface area (Å²) >= 11 is 1.82. The van der Waals surface area contributed by atoms with Crippen molar-refractivity contribution in [3.05, 3.63) is 29.8 Å². The van der Waals surface area contributed by atoms with Gasteiger partial charge in [-0.15, -0.1) is 0 Å². The molecule has 0 fully saturated rings. The Balaban J connectivity index is 2.71. The van der Waals surface area contributed by atoms with Crippen LogP contribution in [-0.2, 0) is 10.0 Å². The first kappa shape index (κ1) is 16.5. The lowest BCUT2D eigenvalue weighted by Gasteiger charge is -2.17. The van der Waals surface area contributed by atoms with Crippen molar-refractivity contribution in [2.75, 3.05) is 19.8 Å². The Kier molecular flexibility index (Phi) is 6.32. The molecule has 19 heavy (non-hydrogen) atoms. The highest BCUT2D eigenvalue weighted by atomic mass is 32.2. The quantitative estimate of drug-likeness (QED) is 0.809. The summed E-state index contributed by atoms with van der Waals surface area (Å²) < 4.78 is 25.5. The van der Waals surface area contributed by atoms with Gasteiger partial charge in [-0.25, -0.2) is 13.1 Å². The van der Waals surface area contributed by atoms with Gasteiger partial charge in [0.25, 0.3) is 0 Å². The third kappa shape index (κ3) is 4.80. The van der Waals surface area contributed by atoms with Crippen LogP contribution in [0.3, 0.4) is 0 Å². The van der Waals surface area contributed by atoms with Crippen LogP contribution in [0.5, 0.6) is 0 Å². The summed E-state index contributed by atoms with van der Waals surface area (Å²) in [6, 6.07) is 7.19. The Bertz CT molecular complexity index is 486. The first-order chi connectivity index (χ1) is 8.90. The number of sulfonamides is 1. The average molecular weight is 302 g/mol. The zero-order valence-electron chi connectivity index (χ0n) is 11.8.